The maximum atomic E-state index is 12.8. The van der Waals surface area contributed by atoms with Crippen molar-refractivity contribution < 1.29 is 27.5 Å². The van der Waals surface area contributed by atoms with Gasteiger partial charge in [-0.25, -0.2) is 13.4 Å². The van der Waals surface area contributed by atoms with E-state index in [0.29, 0.717) is 22.9 Å². The Labute approximate surface area is 200 Å². The highest BCUT2D eigenvalue weighted by Gasteiger charge is 2.36. The van der Waals surface area contributed by atoms with Crippen molar-refractivity contribution in [2.24, 2.45) is 5.92 Å². The fourth-order valence-electron chi connectivity index (χ4n) is 3.53. The lowest BCUT2D eigenvalue weighted by Gasteiger charge is -2.20. The SMILES string of the molecule is COc1ccc(N2C[C@H](C(=O)Nc3ccc(S(=O)(=O)Nc4nccs4)cc3)CC2=O)c(OC)c1. The van der Waals surface area contributed by atoms with Crippen molar-refractivity contribution in [1.82, 2.24) is 4.98 Å². The molecule has 4 rings (SSSR count). The zero-order chi connectivity index (χ0) is 24.3. The number of hydrogen-bond donors (Lipinski definition) is 2. The molecule has 0 bridgehead atoms. The molecular formula is C22H22N4O6S2. The molecule has 3 aromatic rings. The molecule has 178 valence electrons. The van der Waals surface area contributed by atoms with Gasteiger partial charge < -0.3 is 19.7 Å². The summed E-state index contributed by atoms with van der Waals surface area (Å²) in [5.41, 5.74) is 0.983. The van der Waals surface area contributed by atoms with Gasteiger partial charge in [-0.1, -0.05) is 0 Å². The number of benzene rings is 2. The lowest BCUT2D eigenvalue weighted by molar-refractivity contribution is -0.122. The summed E-state index contributed by atoms with van der Waals surface area (Å²) in [6.45, 7) is 0.192. The Bertz CT molecular complexity index is 1290. The zero-order valence-electron chi connectivity index (χ0n) is 18.3. The second-order valence-corrected chi connectivity index (χ2v) is 9.98. The van der Waals surface area contributed by atoms with Gasteiger partial charge in [0, 0.05) is 36.3 Å². The van der Waals surface area contributed by atoms with Gasteiger partial charge >= 0.3 is 0 Å². The van der Waals surface area contributed by atoms with E-state index in [1.165, 1.54) is 60.9 Å². The predicted octanol–water partition coefficient (Wildman–Crippen LogP) is 2.95. The molecule has 1 fully saturated rings. The van der Waals surface area contributed by atoms with Crippen LogP contribution in [0.1, 0.15) is 6.42 Å². The summed E-state index contributed by atoms with van der Waals surface area (Å²) in [4.78, 5) is 30.9. The lowest BCUT2D eigenvalue weighted by Crippen LogP contribution is -2.28. The number of ether oxygens (including phenoxy) is 2. The van der Waals surface area contributed by atoms with Crippen molar-refractivity contribution >= 4 is 49.7 Å². The molecule has 2 amide bonds. The topological polar surface area (TPSA) is 127 Å². The molecule has 12 heteroatoms. The molecule has 2 heterocycles. The first-order valence-corrected chi connectivity index (χ1v) is 12.5. The van der Waals surface area contributed by atoms with Crippen LogP contribution in [0.5, 0.6) is 11.5 Å². The number of anilines is 3. The van der Waals surface area contributed by atoms with E-state index >= 15 is 0 Å². The van der Waals surface area contributed by atoms with E-state index in [4.69, 9.17) is 9.47 Å². The minimum atomic E-state index is -3.79. The zero-order valence-corrected chi connectivity index (χ0v) is 20.0. The van der Waals surface area contributed by atoms with Crippen LogP contribution in [0.2, 0.25) is 0 Å². The molecule has 2 N–H and O–H groups in total. The van der Waals surface area contributed by atoms with Crippen molar-refractivity contribution in [2.45, 2.75) is 11.3 Å². The molecule has 2 aromatic carbocycles. The number of sulfonamides is 1. The van der Waals surface area contributed by atoms with Crippen molar-refractivity contribution in [2.75, 3.05) is 35.7 Å². The molecule has 1 aromatic heterocycles. The summed E-state index contributed by atoms with van der Waals surface area (Å²) in [5.74, 6) is -0.0433. The summed E-state index contributed by atoms with van der Waals surface area (Å²) < 4.78 is 37.9. The van der Waals surface area contributed by atoms with E-state index in [9.17, 15) is 18.0 Å². The van der Waals surface area contributed by atoms with Gasteiger partial charge in [0.1, 0.15) is 11.5 Å². The Morgan fingerprint density at radius 2 is 1.91 bits per heavy atom. The van der Waals surface area contributed by atoms with Crippen molar-refractivity contribution in [1.29, 1.82) is 0 Å². The lowest BCUT2D eigenvalue weighted by atomic mass is 10.1. The second-order valence-electron chi connectivity index (χ2n) is 7.40. The van der Waals surface area contributed by atoms with Gasteiger partial charge in [0.25, 0.3) is 10.0 Å². The van der Waals surface area contributed by atoms with Crippen LogP contribution in [0, 0.1) is 5.92 Å². The Hall–Kier alpha value is -3.64. The summed E-state index contributed by atoms with van der Waals surface area (Å²) >= 11 is 1.17. The van der Waals surface area contributed by atoms with Crippen LogP contribution in [0.3, 0.4) is 0 Å². The van der Waals surface area contributed by atoms with Crippen LogP contribution < -0.4 is 24.4 Å². The standard InChI is InChI=1S/C22H22N4O6S2/c1-31-16-5-8-18(19(12-16)32-2)26-13-14(11-20(26)27)21(28)24-15-3-6-17(7-4-15)34(29,30)25-22-23-9-10-33-22/h3-10,12,14H,11,13H2,1-2H3,(H,23,25)(H,24,28)/t14-/m1/s1. The molecule has 0 spiro atoms. The van der Waals surface area contributed by atoms with Crippen LogP contribution in [0.25, 0.3) is 0 Å². The molecule has 0 unspecified atom stereocenters. The Morgan fingerprint density at radius 1 is 1.15 bits per heavy atom. The smallest absolute Gasteiger partial charge is 0.263 e. The third-order valence-corrected chi connectivity index (χ3v) is 7.43. The quantitative estimate of drug-likeness (QED) is 0.485. The third kappa shape index (κ3) is 4.97. The average molecular weight is 503 g/mol. The number of carbonyl (C=O) groups excluding carboxylic acids is 2. The normalized spacial score (nSPS) is 15.8. The molecule has 0 saturated carbocycles. The van der Waals surface area contributed by atoms with E-state index in [-0.39, 0.29) is 34.8 Å². The van der Waals surface area contributed by atoms with Crippen LogP contribution in [-0.4, -0.2) is 46.0 Å². The first-order valence-electron chi connectivity index (χ1n) is 10.2. The van der Waals surface area contributed by atoms with Gasteiger partial charge in [-0.15, -0.1) is 11.3 Å². The number of amides is 2. The molecule has 1 aliphatic heterocycles. The Morgan fingerprint density at radius 3 is 2.56 bits per heavy atom. The van der Waals surface area contributed by atoms with E-state index in [1.807, 2.05) is 0 Å². The minimum Gasteiger partial charge on any atom is -0.497 e. The Balaban J connectivity index is 1.42. The average Bonchev–Trinajstić information content (AvgIpc) is 3.48. The minimum absolute atomic E-state index is 0.0366. The highest BCUT2D eigenvalue weighted by Crippen LogP contribution is 2.36. The number of rotatable bonds is 8. The highest BCUT2D eigenvalue weighted by atomic mass is 32.2. The Kier molecular flexibility index (Phi) is 6.70. The molecule has 0 aliphatic carbocycles. The number of thiazole rings is 1. The molecule has 1 aliphatic rings. The fraction of sp³-hybridized carbons (Fsp3) is 0.227. The molecule has 34 heavy (non-hydrogen) atoms. The number of aromatic nitrogens is 1. The van der Waals surface area contributed by atoms with E-state index in [1.54, 1.807) is 23.6 Å². The van der Waals surface area contributed by atoms with Crippen LogP contribution in [-0.2, 0) is 19.6 Å². The molecule has 1 atom stereocenters. The van der Waals surface area contributed by atoms with Gasteiger partial charge in [0.15, 0.2) is 5.13 Å². The summed E-state index contributed by atoms with van der Waals surface area (Å²) in [6, 6.07) is 10.9. The van der Waals surface area contributed by atoms with Crippen LogP contribution in [0.4, 0.5) is 16.5 Å². The van der Waals surface area contributed by atoms with E-state index in [2.05, 4.69) is 15.0 Å². The largest absolute Gasteiger partial charge is 0.497 e. The van der Waals surface area contributed by atoms with E-state index < -0.39 is 15.9 Å². The maximum absolute atomic E-state index is 12.8. The first-order chi connectivity index (χ1) is 16.3. The van der Waals surface area contributed by atoms with Gasteiger partial charge in [-0.3, -0.25) is 14.3 Å². The van der Waals surface area contributed by atoms with Crippen molar-refractivity contribution in [3.05, 3.63) is 54.0 Å². The summed E-state index contributed by atoms with van der Waals surface area (Å²) in [5, 5.41) is 4.68. The monoisotopic (exact) mass is 502 g/mol. The summed E-state index contributed by atoms with van der Waals surface area (Å²) in [7, 11) is -0.752. The molecule has 10 nitrogen and oxygen atoms in total. The van der Waals surface area contributed by atoms with Gasteiger partial charge in [-0.05, 0) is 36.4 Å². The van der Waals surface area contributed by atoms with Gasteiger partial charge in [-0.2, -0.15) is 0 Å². The van der Waals surface area contributed by atoms with E-state index in [0.717, 1.165) is 0 Å². The number of methoxy groups -OCH3 is 2. The molecule has 1 saturated heterocycles. The van der Waals surface area contributed by atoms with Crippen LogP contribution in [0.15, 0.2) is 58.9 Å². The maximum Gasteiger partial charge on any atom is 0.263 e. The summed E-state index contributed by atoms with van der Waals surface area (Å²) in [6.07, 6.45) is 1.55. The number of hydrogen-bond acceptors (Lipinski definition) is 8. The molecule has 0 radical (unpaired) electrons. The third-order valence-electron chi connectivity index (χ3n) is 5.26. The highest BCUT2D eigenvalue weighted by molar-refractivity contribution is 7.93. The van der Waals surface area contributed by atoms with Crippen LogP contribution >= 0.6 is 11.3 Å². The predicted molar refractivity (Wildman–Crippen MR) is 128 cm³/mol. The van der Waals surface area contributed by atoms with Gasteiger partial charge in [0.05, 0.1) is 30.7 Å². The van der Waals surface area contributed by atoms with Crippen molar-refractivity contribution in [3.63, 3.8) is 0 Å². The molecular weight excluding hydrogens is 480 g/mol. The number of nitrogens with zero attached hydrogens (tertiary/aromatic N) is 2. The number of nitrogens with one attached hydrogen (secondary N) is 2. The number of carbonyl (C=O) groups is 2. The van der Waals surface area contributed by atoms with Crippen molar-refractivity contribution in [3.8, 4) is 11.5 Å². The van der Waals surface area contributed by atoms with Gasteiger partial charge in [0.2, 0.25) is 11.8 Å². The first kappa shape index (κ1) is 23.5. The second kappa shape index (κ2) is 9.69. The fourth-order valence-corrected chi connectivity index (χ4v) is 5.32.